The summed E-state index contributed by atoms with van der Waals surface area (Å²) in [6.07, 6.45) is 4.12. The van der Waals surface area contributed by atoms with Crippen molar-refractivity contribution in [3.63, 3.8) is 0 Å². The van der Waals surface area contributed by atoms with Crippen molar-refractivity contribution in [2.24, 2.45) is 0 Å². The van der Waals surface area contributed by atoms with E-state index in [1.807, 2.05) is 5.38 Å². The molecule has 8 heteroatoms. The fourth-order valence-corrected chi connectivity index (χ4v) is 4.57. The van der Waals surface area contributed by atoms with E-state index >= 15 is 0 Å². The average Bonchev–Trinajstić information content (AvgIpc) is 2.94. The van der Waals surface area contributed by atoms with Gasteiger partial charge in [-0.15, -0.1) is 22.7 Å². The lowest BCUT2D eigenvalue weighted by molar-refractivity contribution is 0.581. The normalized spacial score (nSPS) is 15.6. The van der Waals surface area contributed by atoms with E-state index in [9.17, 15) is 8.42 Å². The molecular formula is C12H15N3O2S3. The van der Waals surface area contributed by atoms with Crippen molar-refractivity contribution in [1.29, 1.82) is 0 Å². The highest BCUT2D eigenvalue weighted by Gasteiger charge is 2.21. The van der Waals surface area contributed by atoms with Crippen LogP contribution in [-0.4, -0.2) is 19.4 Å². The molecule has 0 aliphatic heterocycles. The topological polar surface area (TPSA) is 71.1 Å². The van der Waals surface area contributed by atoms with Gasteiger partial charge in [-0.2, -0.15) is 0 Å². The summed E-state index contributed by atoms with van der Waals surface area (Å²) in [5.41, 5.74) is 0. The fraction of sp³-hybridized carbons (Fsp3) is 0.417. The van der Waals surface area contributed by atoms with Crippen molar-refractivity contribution in [1.82, 2.24) is 15.0 Å². The third-order valence-electron chi connectivity index (χ3n) is 2.98. The van der Waals surface area contributed by atoms with Gasteiger partial charge in [0.15, 0.2) is 0 Å². The monoisotopic (exact) mass is 329 g/mol. The zero-order chi connectivity index (χ0) is 14.0. The minimum absolute atomic E-state index is 0.242. The second kappa shape index (κ2) is 5.90. The van der Waals surface area contributed by atoms with Gasteiger partial charge in [0, 0.05) is 34.4 Å². The van der Waals surface area contributed by atoms with Crippen LogP contribution < -0.4 is 10.0 Å². The van der Waals surface area contributed by atoms with Gasteiger partial charge < -0.3 is 5.32 Å². The van der Waals surface area contributed by atoms with Gasteiger partial charge in [0.25, 0.3) is 0 Å². The Morgan fingerprint density at radius 3 is 2.85 bits per heavy atom. The number of nitrogens with zero attached hydrogens (tertiary/aromatic N) is 1. The molecule has 2 N–H and O–H groups in total. The molecular weight excluding hydrogens is 314 g/mol. The Labute approximate surface area is 126 Å². The summed E-state index contributed by atoms with van der Waals surface area (Å²) in [5.74, 6) is 0. The standard InChI is InChI=1S/C12H15N3O2S3/c16-20(17,15-7-12-13-3-4-18-12)11-5-10(19-8-11)6-14-9-1-2-9/h3-5,8-9,14-15H,1-2,6-7H2. The van der Waals surface area contributed by atoms with Gasteiger partial charge in [0.05, 0.1) is 11.4 Å². The summed E-state index contributed by atoms with van der Waals surface area (Å²) in [6.45, 7) is 0.989. The molecule has 2 heterocycles. The van der Waals surface area contributed by atoms with Crippen LogP contribution in [0.1, 0.15) is 22.7 Å². The molecule has 20 heavy (non-hydrogen) atoms. The lowest BCUT2D eigenvalue weighted by Gasteiger charge is -2.02. The van der Waals surface area contributed by atoms with Crippen LogP contribution >= 0.6 is 22.7 Å². The third kappa shape index (κ3) is 3.64. The van der Waals surface area contributed by atoms with Crippen molar-refractivity contribution >= 4 is 32.7 Å². The third-order valence-corrected chi connectivity index (χ3v) is 6.23. The van der Waals surface area contributed by atoms with Gasteiger partial charge >= 0.3 is 0 Å². The van der Waals surface area contributed by atoms with E-state index in [-0.39, 0.29) is 6.54 Å². The summed E-state index contributed by atoms with van der Waals surface area (Å²) in [5, 5.41) is 7.66. The molecule has 1 aliphatic carbocycles. The maximum Gasteiger partial charge on any atom is 0.241 e. The lowest BCUT2D eigenvalue weighted by atomic mass is 10.4. The molecule has 2 aromatic heterocycles. The zero-order valence-electron chi connectivity index (χ0n) is 10.7. The highest BCUT2D eigenvalue weighted by Crippen LogP contribution is 2.23. The van der Waals surface area contributed by atoms with Gasteiger partial charge in [-0.05, 0) is 18.9 Å². The Bertz CT molecular complexity index is 660. The number of rotatable bonds is 7. The van der Waals surface area contributed by atoms with E-state index in [4.69, 9.17) is 0 Å². The van der Waals surface area contributed by atoms with Crippen LogP contribution in [-0.2, 0) is 23.1 Å². The summed E-state index contributed by atoms with van der Waals surface area (Å²) in [7, 11) is -3.44. The number of aromatic nitrogens is 1. The van der Waals surface area contributed by atoms with E-state index in [2.05, 4.69) is 15.0 Å². The van der Waals surface area contributed by atoms with Crippen molar-refractivity contribution in [2.75, 3.05) is 0 Å². The molecule has 108 valence electrons. The molecule has 0 atom stereocenters. The number of thiazole rings is 1. The van der Waals surface area contributed by atoms with Gasteiger partial charge in [-0.3, -0.25) is 0 Å². The van der Waals surface area contributed by atoms with Crippen LogP contribution in [0.4, 0.5) is 0 Å². The van der Waals surface area contributed by atoms with Crippen molar-refractivity contribution in [2.45, 2.75) is 36.9 Å². The van der Waals surface area contributed by atoms with E-state index in [0.29, 0.717) is 10.9 Å². The molecule has 0 aromatic carbocycles. The molecule has 0 radical (unpaired) electrons. The first-order valence-electron chi connectivity index (χ1n) is 6.32. The Balaban J connectivity index is 1.61. The second-order valence-electron chi connectivity index (χ2n) is 4.65. The van der Waals surface area contributed by atoms with Crippen LogP contribution in [0.25, 0.3) is 0 Å². The van der Waals surface area contributed by atoms with Crippen LogP contribution in [0.2, 0.25) is 0 Å². The van der Waals surface area contributed by atoms with Crippen molar-refractivity contribution in [3.8, 4) is 0 Å². The number of hydrogen-bond acceptors (Lipinski definition) is 6. The zero-order valence-corrected chi connectivity index (χ0v) is 13.2. The molecule has 0 saturated heterocycles. The highest BCUT2D eigenvalue weighted by molar-refractivity contribution is 7.89. The average molecular weight is 329 g/mol. The second-order valence-corrected chi connectivity index (χ2v) is 8.40. The number of thiophene rings is 1. The van der Waals surface area contributed by atoms with Crippen LogP contribution in [0.5, 0.6) is 0 Å². The molecule has 0 amide bonds. The minimum atomic E-state index is -3.44. The van der Waals surface area contributed by atoms with Crippen LogP contribution in [0.15, 0.2) is 27.9 Å². The predicted molar refractivity (Wildman–Crippen MR) is 80.3 cm³/mol. The number of nitrogens with one attached hydrogen (secondary N) is 2. The summed E-state index contributed by atoms with van der Waals surface area (Å²) in [4.78, 5) is 5.45. The summed E-state index contributed by atoms with van der Waals surface area (Å²) >= 11 is 2.91. The van der Waals surface area contributed by atoms with Gasteiger partial charge in [0.1, 0.15) is 5.01 Å². The first-order valence-corrected chi connectivity index (χ1v) is 9.56. The highest BCUT2D eigenvalue weighted by atomic mass is 32.2. The smallest absolute Gasteiger partial charge is 0.241 e. The molecule has 0 unspecified atom stereocenters. The largest absolute Gasteiger partial charge is 0.309 e. The lowest BCUT2D eigenvalue weighted by Crippen LogP contribution is -2.22. The molecule has 0 bridgehead atoms. The first-order chi connectivity index (χ1) is 9.63. The minimum Gasteiger partial charge on any atom is -0.309 e. The SMILES string of the molecule is O=S(=O)(NCc1nccs1)c1csc(CNC2CC2)c1. The molecule has 3 rings (SSSR count). The van der Waals surface area contributed by atoms with Gasteiger partial charge in [0.2, 0.25) is 10.0 Å². The Kier molecular flexibility index (Phi) is 4.18. The molecule has 2 aromatic rings. The maximum atomic E-state index is 12.1. The molecule has 1 fully saturated rings. The maximum absolute atomic E-state index is 12.1. The quantitative estimate of drug-likeness (QED) is 0.814. The molecule has 1 saturated carbocycles. The molecule has 0 spiro atoms. The Morgan fingerprint density at radius 1 is 1.30 bits per heavy atom. The van der Waals surface area contributed by atoms with E-state index in [0.717, 1.165) is 16.4 Å². The number of hydrogen-bond donors (Lipinski definition) is 2. The van der Waals surface area contributed by atoms with Crippen LogP contribution in [0, 0.1) is 0 Å². The summed E-state index contributed by atoms with van der Waals surface area (Å²) in [6, 6.07) is 2.37. The Hall–Kier alpha value is -0.800. The molecule has 1 aliphatic rings. The van der Waals surface area contributed by atoms with Crippen molar-refractivity contribution in [3.05, 3.63) is 32.9 Å². The molecule has 5 nitrogen and oxygen atoms in total. The van der Waals surface area contributed by atoms with E-state index in [1.165, 1.54) is 35.5 Å². The Morgan fingerprint density at radius 2 is 2.15 bits per heavy atom. The number of sulfonamides is 1. The van der Waals surface area contributed by atoms with Gasteiger partial charge in [-0.25, -0.2) is 18.1 Å². The van der Waals surface area contributed by atoms with Gasteiger partial charge in [-0.1, -0.05) is 0 Å². The van der Waals surface area contributed by atoms with E-state index < -0.39 is 10.0 Å². The van der Waals surface area contributed by atoms with Crippen LogP contribution in [0.3, 0.4) is 0 Å². The summed E-state index contributed by atoms with van der Waals surface area (Å²) < 4.78 is 26.9. The van der Waals surface area contributed by atoms with Crippen molar-refractivity contribution < 1.29 is 8.42 Å². The van der Waals surface area contributed by atoms with E-state index in [1.54, 1.807) is 17.6 Å². The fourth-order valence-electron chi connectivity index (χ4n) is 1.71. The predicted octanol–water partition coefficient (Wildman–Crippen LogP) is 1.94. The first kappa shape index (κ1) is 14.2.